The number of aryl methyl sites for hydroxylation is 2. The summed E-state index contributed by atoms with van der Waals surface area (Å²) in [6, 6.07) is 11.6. The molecule has 5 heteroatoms. The molecule has 2 aromatic carbocycles. The zero-order valence-corrected chi connectivity index (χ0v) is 12.3. The van der Waals surface area contributed by atoms with Crippen LogP contribution in [0.1, 0.15) is 5.56 Å². The van der Waals surface area contributed by atoms with Gasteiger partial charge in [0.15, 0.2) is 0 Å². The summed E-state index contributed by atoms with van der Waals surface area (Å²) in [6.07, 6.45) is 1.81. The van der Waals surface area contributed by atoms with Crippen LogP contribution in [0.3, 0.4) is 0 Å². The molecule has 5 nitrogen and oxygen atoms in total. The van der Waals surface area contributed by atoms with Gasteiger partial charge in [-0.1, -0.05) is 12.1 Å². The normalized spacial score (nSPS) is 11.4. The SMILES string of the molecule is Cc1cccc2c(=O)[nH]c(-c3ccc4c(cnn4C)c3)nc12. The van der Waals surface area contributed by atoms with Crippen LogP contribution in [-0.2, 0) is 7.05 Å². The number of hydrogen-bond donors (Lipinski definition) is 1. The van der Waals surface area contributed by atoms with Crippen molar-refractivity contribution in [3.63, 3.8) is 0 Å². The van der Waals surface area contributed by atoms with E-state index in [0.717, 1.165) is 27.5 Å². The molecule has 22 heavy (non-hydrogen) atoms. The molecule has 4 rings (SSSR count). The third kappa shape index (κ3) is 1.83. The second-order valence-electron chi connectivity index (χ2n) is 5.43. The van der Waals surface area contributed by atoms with E-state index in [2.05, 4.69) is 15.1 Å². The lowest BCUT2D eigenvalue weighted by atomic mass is 10.1. The van der Waals surface area contributed by atoms with Gasteiger partial charge in [0.1, 0.15) is 5.82 Å². The van der Waals surface area contributed by atoms with Crippen LogP contribution in [0.5, 0.6) is 0 Å². The minimum Gasteiger partial charge on any atom is -0.306 e. The van der Waals surface area contributed by atoms with Gasteiger partial charge in [-0.15, -0.1) is 0 Å². The van der Waals surface area contributed by atoms with E-state index in [1.807, 2.05) is 55.2 Å². The molecule has 0 spiro atoms. The van der Waals surface area contributed by atoms with E-state index >= 15 is 0 Å². The van der Waals surface area contributed by atoms with Gasteiger partial charge < -0.3 is 4.98 Å². The molecule has 0 aliphatic rings. The van der Waals surface area contributed by atoms with Gasteiger partial charge in [0.05, 0.1) is 22.6 Å². The van der Waals surface area contributed by atoms with E-state index in [1.165, 1.54) is 0 Å². The van der Waals surface area contributed by atoms with E-state index < -0.39 is 0 Å². The molecule has 0 aliphatic heterocycles. The first-order valence-electron chi connectivity index (χ1n) is 7.05. The average Bonchev–Trinajstić information content (AvgIpc) is 2.89. The number of rotatable bonds is 1. The molecule has 108 valence electrons. The van der Waals surface area contributed by atoms with Crippen molar-refractivity contribution < 1.29 is 0 Å². The van der Waals surface area contributed by atoms with E-state index in [1.54, 1.807) is 6.07 Å². The number of aromatic nitrogens is 4. The van der Waals surface area contributed by atoms with Crippen LogP contribution in [0.15, 0.2) is 47.4 Å². The first kappa shape index (κ1) is 12.8. The largest absolute Gasteiger partial charge is 0.306 e. The fourth-order valence-corrected chi connectivity index (χ4v) is 2.75. The molecule has 0 saturated carbocycles. The van der Waals surface area contributed by atoms with E-state index in [9.17, 15) is 4.79 Å². The van der Waals surface area contributed by atoms with Crippen LogP contribution < -0.4 is 5.56 Å². The minimum absolute atomic E-state index is 0.116. The maximum Gasteiger partial charge on any atom is 0.259 e. The standard InChI is InChI=1S/C17H14N4O/c1-10-4-3-5-13-15(10)19-16(20-17(13)22)11-6-7-14-12(8-11)9-18-21(14)2/h3-9H,1-2H3,(H,19,20,22). The average molecular weight is 290 g/mol. The van der Waals surface area contributed by atoms with Crippen LogP contribution in [0.25, 0.3) is 33.2 Å². The van der Waals surface area contributed by atoms with Gasteiger partial charge in [0.2, 0.25) is 0 Å². The summed E-state index contributed by atoms with van der Waals surface area (Å²) in [4.78, 5) is 19.8. The van der Waals surface area contributed by atoms with E-state index in [4.69, 9.17) is 0 Å². The Morgan fingerprint density at radius 3 is 2.91 bits per heavy atom. The molecule has 1 N–H and O–H groups in total. The van der Waals surface area contributed by atoms with Crippen LogP contribution in [0.4, 0.5) is 0 Å². The first-order chi connectivity index (χ1) is 10.6. The van der Waals surface area contributed by atoms with Crippen molar-refractivity contribution in [1.82, 2.24) is 19.7 Å². The molecule has 0 atom stereocenters. The van der Waals surface area contributed by atoms with Gasteiger partial charge in [-0.3, -0.25) is 9.48 Å². The molecular weight excluding hydrogens is 276 g/mol. The topological polar surface area (TPSA) is 63.6 Å². The van der Waals surface area contributed by atoms with E-state index in [-0.39, 0.29) is 5.56 Å². The molecule has 0 amide bonds. The van der Waals surface area contributed by atoms with Crippen LogP contribution in [0.2, 0.25) is 0 Å². The fraction of sp³-hybridized carbons (Fsp3) is 0.118. The predicted molar refractivity (Wildman–Crippen MR) is 86.8 cm³/mol. The smallest absolute Gasteiger partial charge is 0.259 e. The van der Waals surface area contributed by atoms with Crippen molar-refractivity contribution in [2.24, 2.45) is 7.05 Å². The monoisotopic (exact) mass is 290 g/mol. The number of para-hydroxylation sites is 1. The Bertz CT molecular complexity index is 1080. The third-order valence-electron chi connectivity index (χ3n) is 3.96. The summed E-state index contributed by atoms with van der Waals surface area (Å²) < 4.78 is 1.82. The number of hydrogen-bond acceptors (Lipinski definition) is 3. The summed E-state index contributed by atoms with van der Waals surface area (Å²) >= 11 is 0. The highest BCUT2D eigenvalue weighted by Gasteiger charge is 2.09. The Balaban J connectivity index is 1.99. The van der Waals surface area contributed by atoms with Gasteiger partial charge in [0, 0.05) is 18.0 Å². The van der Waals surface area contributed by atoms with Gasteiger partial charge >= 0.3 is 0 Å². The second-order valence-corrected chi connectivity index (χ2v) is 5.43. The lowest BCUT2D eigenvalue weighted by molar-refractivity contribution is 0.797. The lowest BCUT2D eigenvalue weighted by Crippen LogP contribution is -2.10. The Kier molecular flexibility index (Phi) is 2.63. The molecule has 2 heterocycles. The summed E-state index contributed by atoms with van der Waals surface area (Å²) in [5, 5.41) is 5.87. The maximum absolute atomic E-state index is 12.3. The molecule has 2 aromatic heterocycles. The molecule has 0 fully saturated rings. The molecule has 0 bridgehead atoms. The van der Waals surface area contributed by atoms with Gasteiger partial charge in [-0.2, -0.15) is 5.10 Å². The zero-order chi connectivity index (χ0) is 15.3. The zero-order valence-electron chi connectivity index (χ0n) is 12.3. The van der Waals surface area contributed by atoms with Crippen LogP contribution in [0, 0.1) is 6.92 Å². The van der Waals surface area contributed by atoms with Gasteiger partial charge in [0.25, 0.3) is 5.56 Å². The number of nitrogens with zero attached hydrogens (tertiary/aromatic N) is 3. The van der Waals surface area contributed by atoms with Crippen molar-refractivity contribution in [3.8, 4) is 11.4 Å². The Labute approximate surface area is 126 Å². The highest BCUT2D eigenvalue weighted by atomic mass is 16.1. The highest BCUT2D eigenvalue weighted by molar-refractivity contribution is 5.85. The lowest BCUT2D eigenvalue weighted by Gasteiger charge is -2.05. The van der Waals surface area contributed by atoms with Crippen molar-refractivity contribution in [2.75, 3.05) is 0 Å². The number of fused-ring (bicyclic) bond motifs is 2. The number of nitrogens with one attached hydrogen (secondary N) is 1. The Morgan fingerprint density at radius 1 is 1.18 bits per heavy atom. The number of benzene rings is 2. The summed E-state index contributed by atoms with van der Waals surface area (Å²) in [5.41, 5.74) is 3.54. The number of aromatic amines is 1. The van der Waals surface area contributed by atoms with Crippen LogP contribution >= 0.6 is 0 Å². The molecule has 0 unspecified atom stereocenters. The van der Waals surface area contributed by atoms with Crippen molar-refractivity contribution >= 4 is 21.8 Å². The molecule has 0 saturated heterocycles. The van der Waals surface area contributed by atoms with E-state index in [0.29, 0.717) is 11.2 Å². The Hall–Kier alpha value is -2.95. The van der Waals surface area contributed by atoms with Crippen molar-refractivity contribution in [1.29, 1.82) is 0 Å². The summed E-state index contributed by atoms with van der Waals surface area (Å²) in [6.45, 7) is 1.96. The summed E-state index contributed by atoms with van der Waals surface area (Å²) in [7, 11) is 1.90. The summed E-state index contributed by atoms with van der Waals surface area (Å²) in [5.74, 6) is 0.581. The minimum atomic E-state index is -0.116. The number of H-pyrrole nitrogens is 1. The maximum atomic E-state index is 12.3. The third-order valence-corrected chi connectivity index (χ3v) is 3.96. The predicted octanol–water partition coefficient (Wildman–Crippen LogP) is 2.79. The molecule has 0 radical (unpaired) electrons. The van der Waals surface area contributed by atoms with Gasteiger partial charge in [-0.25, -0.2) is 4.98 Å². The van der Waals surface area contributed by atoms with Gasteiger partial charge in [-0.05, 0) is 36.8 Å². The Morgan fingerprint density at radius 2 is 2.05 bits per heavy atom. The highest BCUT2D eigenvalue weighted by Crippen LogP contribution is 2.22. The second kappa shape index (κ2) is 4.53. The van der Waals surface area contributed by atoms with Crippen molar-refractivity contribution in [2.45, 2.75) is 6.92 Å². The fourth-order valence-electron chi connectivity index (χ4n) is 2.75. The first-order valence-corrected chi connectivity index (χ1v) is 7.05. The molecule has 4 aromatic rings. The van der Waals surface area contributed by atoms with Crippen molar-refractivity contribution in [3.05, 3.63) is 58.5 Å². The quantitative estimate of drug-likeness (QED) is 0.586. The molecular formula is C17H14N4O. The van der Waals surface area contributed by atoms with Crippen LogP contribution in [-0.4, -0.2) is 19.7 Å². The molecule has 0 aliphatic carbocycles.